The van der Waals surface area contributed by atoms with E-state index in [2.05, 4.69) is 52.1 Å². The van der Waals surface area contributed by atoms with Gasteiger partial charge in [0, 0.05) is 0 Å². The van der Waals surface area contributed by atoms with Crippen LogP contribution in [0, 0.1) is 5.41 Å². The summed E-state index contributed by atoms with van der Waals surface area (Å²) >= 11 is 0. The molecule has 6 heteroatoms. The number of nitrogens with zero attached hydrogens (tertiary/aromatic N) is 1. The normalized spacial score (nSPS) is 20.7. The molecule has 3 amide bonds. The van der Waals surface area contributed by atoms with E-state index < -0.39 is 17.7 Å². The van der Waals surface area contributed by atoms with E-state index in [1.54, 1.807) is 6.92 Å². The molecule has 2 N–H and O–H groups in total. The lowest BCUT2D eigenvalue weighted by atomic mass is 9.72. The molecule has 2 rings (SSSR count). The van der Waals surface area contributed by atoms with Crippen molar-refractivity contribution in [3.8, 4) is 5.75 Å². The Kier molecular flexibility index (Phi) is 7.79. The number of β-amino-alcohol motifs (C(OH)–C–C–N with tert-alkyl or cyclic N) is 1. The number of urea groups is 1. The number of benzene rings is 1. The lowest BCUT2D eigenvalue weighted by Gasteiger charge is -2.33. The van der Waals surface area contributed by atoms with Crippen molar-refractivity contribution >= 4 is 11.9 Å². The first-order valence-corrected chi connectivity index (χ1v) is 11.3. The summed E-state index contributed by atoms with van der Waals surface area (Å²) in [5.41, 5.74) is 0.628. The third kappa shape index (κ3) is 6.70. The van der Waals surface area contributed by atoms with Gasteiger partial charge in [-0.3, -0.25) is 9.69 Å². The Morgan fingerprint density at radius 1 is 1.13 bits per heavy atom. The molecule has 0 spiro atoms. The molecule has 1 fully saturated rings. The van der Waals surface area contributed by atoms with Crippen LogP contribution >= 0.6 is 0 Å². The molecular weight excluding hydrogens is 392 g/mol. The quantitative estimate of drug-likeness (QED) is 0.528. The van der Waals surface area contributed by atoms with Crippen molar-refractivity contribution in [1.29, 1.82) is 0 Å². The minimum Gasteiger partial charge on any atom is -0.491 e. The largest absolute Gasteiger partial charge is 0.491 e. The van der Waals surface area contributed by atoms with Crippen LogP contribution in [-0.2, 0) is 10.2 Å². The Hall–Kier alpha value is -2.08. The average Bonchev–Trinajstić information content (AvgIpc) is 2.86. The third-order valence-corrected chi connectivity index (χ3v) is 5.82. The van der Waals surface area contributed by atoms with Gasteiger partial charge in [0.2, 0.25) is 0 Å². The van der Waals surface area contributed by atoms with E-state index in [4.69, 9.17) is 4.74 Å². The fourth-order valence-corrected chi connectivity index (χ4v) is 4.50. The molecule has 31 heavy (non-hydrogen) atoms. The smallest absolute Gasteiger partial charge is 0.325 e. The predicted octanol–water partition coefficient (Wildman–Crippen LogP) is 4.64. The van der Waals surface area contributed by atoms with Crippen molar-refractivity contribution in [2.24, 2.45) is 5.41 Å². The summed E-state index contributed by atoms with van der Waals surface area (Å²) in [6.45, 7) is 14.9. The lowest BCUT2D eigenvalue weighted by Crippen LogP contribution is -2.44. The van der Waals surface area contributed by atoms with E-state index in [1.807, 2.05) is 19.1 Å². The van der Waals surface area contributed by atoms with Gasteiger partial charge in [-0.05, 0) is 48.3 Å². The van der Waals surface area contributed by atoms with Gasteiger partial charge >= 0.3 is 6.03 Å². The number of amides is 3. The van der Waals surface area contributed by atoms with Crippen LogP contribution in [0.2, 0.25) is 0 Å². The Balaban J connectivity index is 1.91. The number of rotatable bonds is 10. The van der Waals surface area contributed by atoms with Gasteiger partial charge in [-0.2, -0.15) is 0 Å². The van der Waals surface area contributed by atoms with E-state index in [9.17, 15) is 14.7 Å². The van der Waals surface area contributed by atoms with E-state index in [0.717, 1.165) is 24.2 Å². The van der Waals surface area contributed by atoms with E-state index in [0.29, 0.717) is 12.2 Å². The number of aliphatic hydroxyl groups excluding tert-OH is 1. The summed E-state index contributed by atoms with van der Waals surface area (Å²) in [6.07, 6.45) is 2.49. The first-order chi connectivity index (χ1) is 14.3. The summed E-state index contributed by atoms with van der Waals surface area (Å²) in [4.78, 5) is 26.0. The van der Waals surface area contributed by atoms with Crippen LogP contribution in [0.25, 0.3) is 0 Å². The highest BCUT2D eigenvalue weighted by molar-refractivity contribution is 6.06. The van der Waals surface area contributed by atoms with Crippen LogP contribution in [0.15, 0.2) is 24.3 Å². The third-order valence-electron chi connectivity index (χ3n) is 5.82. The number of carbonyl (C=O) groups excluding carboxylic acids is 2. The predicted molar refractivity (Wildman–Crippen MR) is 123 cm³/mol. The standard InChI is InChI=1S/C25H40N2O4/c1-8-9-14-25(7)21(29)27(22(30)26-25)15-19(28)16-31-20-12-10-18(11-13-20)24(5,6)17-23(2,3)4/h10-13,19,28H,8-9,14-17H2,1-7H3,(H,26,30). The van der Waals surface area contributed by atoms with Crippen molar-refractivity contribution in [2.75, 3.05) is 13.2 Å². The molecule has 0 aromatic heterocycles. The molecule has 1 aromatic rings. The zero-order valence-corrected chi connectivity index (χ0v) is 20.2. The molecule has 0 aliphatic carbocycles. The highest BCUT2D eigenvalue weighted by Crippen LogP contribution is 2.36. The van der Waals surface area contributed by atoms with Gasteiger partial charge in [-0.1, -0.05) is 66.5 Å². The van der Waals surface area contributed by atoms with Gasteiger partial charge in [0.25, 0.3) is 5.91 Å². The van der Waals surface area contributed by atoms with Crippen molar-refractivity contribution in [2.45, 2.75) is 91.2 Å². The molecule has 1 aliphatic rings. The first kappa shape index (κ1) is 25.2. The second-order valence-electron chi connectivity index (χ2n) is 10.9. The van der Waals surface area contributed by atoms with Gasteiger partial charge < -0.3 is 15.2 Å². The van der Waals surface area contributed by atoms with Crippen LogP contribution in [0.1, 0.15) is 79.7 Å². The fourth-order valence-electron chi connectivity index (χ4n) is 4.50. The van der Waals surface area contributed by atoms with Crippen molar-refractivity contribution in [3.05, 3.63) is 29.8 Å². The van der Waals surface area contributed by atoms with Gasteiger partial charge in [-0.25, -0.2) is 4.79 Å². The van der Waals surface area contributed by atoms with Crippen LogP contribution in [0.4, 0.5) is 4.79 Å². The van der Waals surface area contributed by atoms with Gasteiger partial charge in [0.1, 0.15) is 24.0 Å². The first-order valence-electron chi connectivity index (χ1n) is 11.3. The zero-order valence-electron chi connectivity index (χ0n) is 20.2. The SMILES string of the molecule is CCCCC1(C)NC(=O)N(CC(O)COc2ccc(C(C)(C)CC(C)(C)C)cc2)C1=O. The number of carbonyl (C=O) groups is 2. The van der Waals surface area contributed by atoms with Crippen LogP contribution in [-0.4, -0.2) is 46.7 Å². The maximum absolute atomic E-state index is 12.7. The summed E-state index contributed by atoms with van der Waals surface area (Å²) in [7, 11) is 0. The highest BCUT2D eigenvalue weighted by atomic mass is 16.5. The Labute approximate surface area is 187 Å². The molecular formula is C25H40N2O4. The molecule has 2 atom stereocenters. The van der Waals surface area contributed by atoms with Gasteiger partial charge in [0.15, 0.2) is 0 Å². The summed E-state index contributed by atoms with van der Waals surface area (Å²) in [5, 5.41) is 13.1. The molecule has 0 bridgehead atoms. The lowest BCUT2D eigenvalue weighted by molar-refractivity contribution is -0.132. The van der Waals surface area contributed by atoms with E-state index in [1.165, 1.54) is 5.56 Å². The molecule has 1 heterocycles. The minimum atomic E-state index is -0.958. The molecule has 0 radical (unpaired) electrons. The van der Waals surface area contributed by atoms with Crippen molar-refractivity contribution in [3.63, 3.8) is 0 Å². The molecule has 1 aromatic carbocycles. The Bertz CT molecular complexity index is 767. The van der Waals surface area contributed by atoms with Crippen LogP contribution in [0.5, 0.6) is 5.75 Å². The maximum atomic E-state index is 12.7. The topological polar surface area (TPSA) is 78.9 Å². The van der Waals surface area contributed by atoms with Crippen LogP contribution in [0.3, 0.4) is 0 Å². The monoisotopic (exact) mass is 432 g/mol. The molecule has 1 saturated heterocycles. The summed E-state index contributed by atoms with van der Waals surface area (Å²) in [5.74, 6) is 0.370. The maximum Gasteiger partial charge on any atom is 0.325 e. The average molecular weight is 433 g/mol. The van der Waals surface area contributed by atoms with Gasteiger partial charge in [0.05, 0.1) is 6.54 Å². The minimum absolute atomic E-state index is 0.00741. The number of imide groups is 1. The molecule has 0 saturated carbocycles. The highest BCUT2D eigenvalue weighted by Gasteiger charge is 2.47. The number of hydrogen-bond donors (Lipinski definition) is 2. The summed E-state index contributed by atoms with van der Waals surface area (Å²) < 4.78 is 5.71. The van der Waals surface area contributed by atoms with Crippen molar-refractivity contribution in [1.82, 2.24) is 10.2 Å². The van der Waals surface area contributed by atoms with Crippen molar-refractivity contribution < 1.29 is 19.4 Å². The molecule has 2 unspecified atom stereocenters. The van der Waals surface area contributed by atoms with E-state index in [-0.39, 0.29) is 29.9 Å². The number of aliphatic hydroxyl groups is 1. The number of hydrogen-bond acceptors (Lipinski definition) is 4. The Morgan fingerprint density at radius 2 is 1.74 bits per heavy atom. The fraction of sp³-hybridized carbons (Fsp3) is 0.680. The number of unbranched alkanes of at least 4 members (excludes halogenated alkanes) is 1. The molecule has 6 nitrogen and oxygen atoms in total. The number of ether oxygens (including phenoxy) is 1. The number of nitrogens with one attached hydrogen (secondary N) is 1. The van der Waals surface area contributed by atoms with Crippen LogP contribution < -0.4 is 10.1 Å². The molecule has 1 aliphatic heterocycles. The van der Waals surface area contributed by atoms with Gasteiger partial charge in [-0.15, -0.1) is 0 Å². The summed E-state index contributed by atoms with van der Waals surface area (Å²) in [6, 6.07) is 7.48. The second-order valence-corrected chi connectivity index (χ2v) is 10.9. The second kappa shape index (κ2) is 9.60. The Morgan fingerprint density at radius 3 is 2.29 bits per heavy atom. The zero-order chi connectivity index (χ0) is 23.4. The van der Waals surface area contributed by atoms with E-state index >= 15 is 0 Å². The molecule has 174 valence electrons.